The van der Waals surface area contributed by atoms with Gasteiger partial charge in [-0.15, -0.1) is 0 Å². The van der Waals surface area contributed by atoms with Crippen molar-refractivity contribution >= 4 is 17.8 Å². The summed E-state index contributed by atoms with van der Waals surface area (Å²) in [6.07, 6.45) is 2.76. The van der Waals surface area contributed by atoms with Crippen molar-refractivity contribution in [3.63, 3.8) is 0 Å². The summed E-state index contributed by atoms with van der Waals surface area (Å²) in [6, 6.07) is 9.13. The van der Waals surface area contributed by atoms with E-state index in [0.717, 1.165) is 18.4 Å². The number of carbonyl (C=O) groups excluding carboxylic acids is 2. The number of hydroxylamine groups is 1. The van der Waals surface area contributed by atoms with E-state index in [9.17, 15) is 14.4 Å². The summed E-state index contributed by atoms with van der Waals surface area (Å²) in [5, 5.41) is 20.8. The molecule has 1 saturated carbocycles. The third kappa shape index (κ3) is 5.86. The van der Waals surface area contributed by atoms with Gasteiger partial charge in [-0.05, 0) is 31.2 Å². The molecule has 25 heavy (non-hydrogen) atoms. The Morgan fingerprint density at radius 3 is 2.52 bits per heavy atom. The Morgan fingerprint density at radius 2 is 1.88 bits per heavy atom. The number of hydrogen-bond acceptors (Lipinski definition) is 4. The molecule has 3 atom stereocenters. The van der Waals surface area contributed by atoms with E-state index in [1.54, 1.807) is 5.48 Å². The second-order valence-electron chi connectivity index (χ2n) is 6.53. The lowest BCUT2D eigenvalue weighted by molar-refractivity contribution is -0.143. The second-order valence-corrected chi connectivity index (χ2v) is 6.53. The first-order chi connectivity index (χ1) is 12.0. The van der Waals surface area contributed by atoms with Crippen LogP contribution in [-0.2, 0) is 20.8 Å². The van der Waals surface area contributed by atoms with Gasteiger partial charge in [0.15, 0.2) is 0 Å². The number of carbonyl (C=O) groups is 3. The van der Waals surface area contributed by atoms with Crippen molar-refractivity contribution in [1.82, 2.24) is 10.8 Å². The zero-order valence-electron chi connectivity index (χ0n) is 14.0. The van der Waals surface area contributed by atoms with Crippen LogP contribution < -0.4 is 10.8 Å². The summed E-state index contributed by atoms with van der Waals surface area (Å²) >= 11 is 0. The maximum absolute atomic E-state index is 12.6. The minimum absolute atomic E-state index is 0.133. The third-order valence-electron chi connectivity index (χ3n) is 4.62. The van der Waals surface area contributed by atoms with E-state index in [0.29, 0.717) is 19.3 Å². The van der Waals surface area contributed by atoms with Crippen LogP contribution in [0, 0.1) is 11.8 Å². The van der Waals surface area contributed by atoms with Crippen LogP contribution in [0.3, 0.4) is 0 Å². The first-order valence-electron chi connectivity index (χ1n) is 8.49. The Bertz CT molecular complexity index is 605. The normalized spacial score (nSPS) is 21.2. The standard InChI is InChI=1S/C18H24N2O5/c21-16(20-25)11-14(9-12-5-2-1-3-6-12)17(22)19-15-8-4-7-13(10-15)18(23)24/h1-3,5-6,13-15,25H,4,7-11H2,(H,19,22)(H,20,21)(H,23,24). The first-order valence-corrected chi connectivity index (χ1v) is 8.49. The van der Waals surface area contributed by atoms with Crippen LogP contribution in [0.5, 0.6) is 0 Å². The van der Waals surface area contributed by atoms with Gasteiger partial charge in [-0.3, -0.25) is 19.6 Å². The average molecular weight is 348 g/mol. The van der Waals surface area contributed by atoms with Gasteiger partial charge in [0.05, 0.1) is 11.8 Å². The minimum Gasteiger partial charge on any atom is -0.481 e. The smallest absolute Gasteiger partial charge is 0.306 e. The van der Waals surface area contributed by atoms with Crippen molar-refractivity contribution in [2.45, 2.75) is 44.6 Å². The Kier molecular flexibility index (Phi) is 6.94. The van der Waals surface area contributed by atoms with Crippen molar-refractivity contribution in [2.75, 3.05) is 0 Å². The van der Waals surface area contributed by atoms with Crippen LogP contribution in [0.1, 0.15) is 37.7 Å². The number of amides is 2. The highest BCUT2D eigenvalue weighted by molar-refractivity contribution is 5.85. The van der Waals surface area contributed by atoms with Crippen LogP contribution in [-0.4, -0.2) is 34.1 Å². The lowest BCUT2D eigenvalue weighted by atomic mass is 9.85. The number of carboxylic acid groups (broad SMARTS) is 1. The maximum atomic E-state index is 12.6. The molecule has 0 saturated heterocycles. The van der Waals surface area contributed by atoms with Crippen LogP contribution in [0.2, 0.25) is 0 Å². The number of nitrogens with one attached hydrogen (secondary N) is 2. The number of carboxylic acids is 1. The molecule has 1 aromatic rings. The van der Waals surface area contributed by atoms with Crippen LogP contribution in [0.15, 0.2) is 30.3 Å². The Balaban J connectivity index is 2.01. The van der Waals surface area contributed by atoms with E-state index < -0.39 is 23.7 Å². The second kappa shape index (κ2) is 9.17. The topological polar surface area (TPSA) is 116 Å². The van der Waals surface area contributed by atoms with E-state index in [4.69, 9.17) is 10.3 Å². The molecule has 0 aliphatic heterocycles. The summed E-state index contributed by atoms with van der Waals surface area (Å²) < 4.78 is 0. The monoisotopic (exact) mass is 348 g/mol. The van der Waals surface area contributed by atoms with E-state index in [1.165, 1.54) is 0 Å². The van der Waals surface area contributed by atoms with Crippen molar-refractivity contribution in [1.29, 1.82) is 0 Å². The molecule has 1 aromatic carbocycles. The molecule has 0 spiro atoms. The molecule has 0 aromatic heterocycles. The fourth-order valence-electron chi connectivity index (χ4n) is 3.29. The lowest BCUT2D eigenvalue weighted by Gasteiger charge is -2.29. The summed E-state index contributed by atoms with van der Waals surface area (Å²) in [6.45, 7) is 0. The highest BCUT2D eigenvalue weighted by atomic mass is 16.5. The quantitative estimate of drug-likeness (QED) is 0.440. The van der Waals surface area contributed by atoms with E-state index >= 15 is 0 Å². The predicted molar refractivity (Wildman–Crippen MR) is 89.7 cm³/mol. The largest absolute Gasteiger partial charge is 0.481 e. The van der Waals surface area contributed by atoms with Crippen LogP contribution >= 0.6 is 0 Å². The predicted octanol–water partition coefficient (Wildman–Crippen LogP) is 1.50. The minimum atomic E-state index is -0.834. The Morgan fingerprint density at radius 1 is 1.16 bits per heavy atom. The molecule has 0 bridgehead atoms. The molecule has 1 fully saturated rings. The zero-order valence-corrected chi connectivity index (χ0v) is 14.0. The molecule has 2 amide bonds. The van der Waals surface area contributed by atoms with Crippen molar-refractivity contribution in [3.05, 3.63) is 35.9 Å². The van der Waals surface area contributed by atoms with Gasteiger partial charge in [-0.1, -0.05) is 36.8 Å². The summed E-state index contributed by atoms with van der Waals surface area (Å²) in [7, 11) is 0. The number of aliphatic carboxylic acids is 1. The van der Waals surface area contributed by atoms with Gasteiger partial charge >= 0.3 is 5.97 Å². The summed E-state index contributed by atoms with van der Waals surface area (Å²) in [5.41, 5.74) is 2.48. The zero-order chi connectivity index (χ0) is 18.2. The van der Waals surface area contributed by atoms with Gasteiger partial charge in [0.2, 0.25) is 11.8 Å². The average Bonchev–Trinajstić information content (AvgIpc) is 2.62. The van der Waals surface area contributed by atoms with Crippen LogP contribution in [0.4, 0.5) is 0 Å². The Hall–Kier alpha value is -2.41. The lowest BCUT2D eigenvalue weighted by Crippen LogP contribution is -2.44. The number of benzene rings is 1. The van der Waals surface area contributed by atoms with Gasteiger partial charge in [-0.2, -0.15) is 0 Å². The van der Waals surface area contributed by atoms with Gasteiger partial charge in [-0.25, -0.2) is 5.48 Å². The SMILES string of the molecule is O=C(CC(Cc1ccccc1)C(=O)NC1CCCC(C(=O)O)C1)NO. The van der Waals surface area contributed by atoms with Crippen LogP contribution in [0.25, 0.3) is 0 Å². The number of hydrogen-bond donors (Lipinski definition) is 4. The van der Waals surface area contributed by atoms with Gasteiger partial charge in [0.25, 0.3) is 0 Å². The molecule has 4 N–H and O–H groups in total. The van der Waals surface area contributed by atoms with E-state index in [-0.39, 0.29) is 18.4 Å². The third-order valence-corrected chi connectivity index (χ3v) is 4.62. The molecular formula is C18H24N2O5. The van der Waals surface area contributed by atoms with Crippen molar-refractivity contribution < 1.29 is 24.7 Å². The maximum Gasteiger partial charge on any atom is 0.306 e. The fourth-order valence-corrected chi connectivity index (χ4v) is 3.29. The van der Waals surface area contributed by atoms with E-state index in [2.05, 4.69) is 5.32 Å². The molecule has 0 heterocycles. The van der Waals surface area contributed by atoms with Gasteiger partial charge < -0.3 is 10.4 Å². The molecule has 136 valence electrons. The van der Waals surface area contributed by atoms with Gasteiger partial charge in [0.1, 0.15) is 0 Å². The fraction of sp³-hybridized carbons (Fsp3) is 0.500. The Labute approximate surface area is 146 Å². The molecule has 7 nitrogen and oxygen atoms in total. The van der Waals surface area contributed by atoms with Crippen molar-refractivity contribution in [3.8, 4) is 0 Å². The molecule has 1 aliphatic carbocycles. The molecular weight excluding hydrogens is 324 g/mol. The van der Waals surface area contributed by atoms with Crippen molar-refractivity contribution in [2.24, 2.45) is 11.8 Å². The van der Waals surface area contributed by atoms with Gasteiger partial charge in [0, 0.05) is 12.5 Å². The number of rotatable bonds is 7. The molecule has 7 heteroatoms. The first kappa shape index (κ1) is 18.9. The highest BCUT2D eigenvalue weighted by Gasteiger charge is 2.30. The molecule has 2 rings (SSSR count). The molecule has 3 unspecified atom stereocenters. The van der Waals surface area contributed by atoms with E-state index in [1.807, 2.05) is 30.3 Å². The molecule has 0 radical (unpaired) electrons. The highest BCUT2D eigenvalue weighted by Crippen LogP contribution is 2.25. The summed E-state index contributed by atoms with van der Waals surface area (Å²) in [4.78, 5) is 35.3. The summed E-state index contributed by atoms with van der Waals surface area (Å²) in [5.74, 6) is -2.81. The molecule has 1 aliphatic rings.